The maximum Gasteiger partial charge on any atom is 0.411 e. The number of ether oxygens (including phenoxy) is 1. The summed E-state index contributed by atoms with van der Waals surface area (Å²) in [6.45, 7) is 1.50. The Labute approximate surface area is 125 Å². The van der Waals surface area contributed by atoms with Gasteiger partial charge in [-0.25, -0.2) is 0 Å². The summed E-state index contributed by atoms with van der Waals surface area (Å²) in [7, 11) is 0. The summed E-state index contributed by atoms with van der Waals surface area (Å²) in [5.74, 6) is -0.102. The summed E-state index contributed by atoms with van der Waals surface area (Å²) in [6.07, 6.45) is -5.66. The van der Waals surface area contributed by atoms with E-state index in [1.54, 1.807) is 19.1 Å². The van der Waals surface area contributed by atoms with Crippen LogP contribution in [-0.4, -0.2) is 24.8 Å². The first-order chi connectivity index (χ1) is 10.3. The van der Waals surface area contributed by atoms with Crippen molar-refractivity contribution in [1.82, 2.24) is 5.32 Å². The Morgan fingerprint density at radius 3 is 2.64 bits per heavy atom. The van der Waals surface area contributed by atoms with Crippen LogP contribution in [0, 0.1) is 0 Å². The number of furan rings is 1. The molecule has 4 nitrogen and oxygen atoms in total. The van der Waals surface area contributed by atoms with Crippen molar-refractivity contribution >= 4 is 16.9 Å². The first kappa shape index (κ1) is 16.4. The number of hydrogen-bond acceptors (Lipinski definition) is 3. The number of para-hydroxylation sites is 1. The van der Waals surface area contributed by atoms with E-state index in [4.69, 9.17) is 4.42 Å². The highest BCUT2D eigenvalue weighted by molar-refractivity contribution is 5.81. The van der Waals surface area contributed by atoms with Gasteiger partial charge in [0, 0.05) is 5.39 Å². The third-order valence-electron chi connectivity index (χ3n) is 3.10. The van der Waals surface area contributed by atoms with Gasteiger partial charge in [0.2, 0.25) is 5.91 Å². The fourth-order valence-electron chi connectivity index (χ4n) is 1.91. The number of rotatable bonds is 5. The fourth-order valence-corrected chi connectivity index (χ4v) is 1.91. The molecule has 0 unspecified atom stereocenters. The second kappa shape index (κ2) is 6.39. The van der Waals surface area contributed by atoms with Crippen LogP contribution in [0.2, 0.25) is 0 Å². The van der Waals surface area contributed by atoms with Crippen LogP contribution in [0.25, 0.3) is 11.0 Å². The van der Waals surface area contributed by atoms with Crippen molar-refractivity contribution in [2.45, 2.75) is 32.2 Å². The van der Waals surface area contributed by atoms with Gasteiger partial charge in [-0.2, -0.15) is 13.2 Å². The number of benzene rings is 1. The van der Waals surface area contributed by atoms with E-state index in [-0.39, 0.29) is 0 Å². The third-order valence-corrected chi connectivity index (χ3v) is 3.10. The molecular weight excluding hydrogens is 299 g/mol. The van der Waals surface area contributed by atoms with E-state index in [0.717, 1.165) is 5.39 Å². The molecule has 1 aromatic carbocycles. The van der Waals surface area contributed by atoms with Crippen molar-refractivity contribution in [3.63, 3.8) is 0 Å². The maximum absolute atomic E-state index is 12.1. The first-order valence-electron chi connectivity index (χ1n) is 6.73. The molecule has 2 atom stereocenters. The zero-order valence-corrected chi connectivity index (χ0v) is 12.1. The predicted octanol–water partition coefficient (Wildman–Crippen LogP) is 3.58. The molecule has 0 aliphatic carbocycles. The highest BCUT2D eigenvalue weighted by atomic mass is 19.4. The number of carbonyl (C=O) groups is 1. The molecule has 0 aliphatic heterocycles. The van der Waals surface area contributed by atoms with Crippen LogP contribution in [0.5, 0.6) is 0 Å². The van der Waals surface area contributed by atoms with Crippen LogP contribution in [0.3, 0.4) is 0 Å². The van der Waals surface area contributed by atoms with Crippen LogP contribution in [0.1, 0.15) is 25.6 Å². The van der Waals surface area contributed by atoms with Gasteiger partial charge < -0.3 is 14.5 Å². The van der Waals surface area contributed by atoms with Gasteiger partial charge in [0.25, 0.3) is 0 Å². The zero-order valence-electron chi connectivity index (χ0n) is 12.1. The van der Waals surface area contributed by atoms with E-state index in [1.807, 2.05) is 18.2 Å². The van der Waals surface area contributed by atoms with Crippen molar-refractivity contribution in [3.8, 4) is 0 Å². The summed E-state index contributed by atoms with van der Waals surface area (Å²) in [4.78, 5) is 11.8. The van der Waals surface area contributed by atoms with Crippen LogP contribution in [-0.2, 0) is 9.53 Å². The van der Waals surface area contributed by atoms with Gasteiger partial charge in [0.05, 0.1) is 6.04 Å². The van der Waals surface area contributed by atoms with E-state index in [0.29, 0.717) is 11.3 Å². The monoisotopic (exact) mass is 315 g/mol. The zero-order chi connectivity index (χ0) is 16.3. The van der Waals surface area contributed by atoms with Crippen LogP contribution < -0.4 is 5.32 Å². The van der Waals surface area contributed by atoms with Gasteiger partial charge in [-0.05, 0) is 26.0 Å². The lowest BCUT2D eigenvalue weighted by atomic mass is 10.2. The molecule has 0 radical (unpaired) electrons. The molecule has 0 bridgehead atoms. The molecule has 0 spiro atoms. The number of hydrogen-bond donors (Lipinski definition) is 1. The Bertz CT molecular complexity index is 618. The smallest absolute Gasteiger partial charge is 0.411 e. The van der Waals surface area contributed by atoms with Gasteiger partial charge in [0.15, 0.2) is 0 Å². The van der Waals surface area contributed by atoms with E-state index in [9.17, 15) is 18.0 Å². The van der Waals surface area contributed by atoms with Crippen molar-refractivity contribution in [2.24, 2.45) is 0 Å². The number of alkyl halides is 3. The molecule has 1 N–H and O–H groups in total. The van der Waals surface area contributed by atoms with E-state index >= 15 is 0 Å². The average Bonchev–Trinajstić information content (AvgIpc) is 2.87. The standard InChI is InChI=1S/C15H16F3NO3/c1-9(13-7-11-5-3-4-6-12(11)22-13)19-14(20)10(2)21-8-15(16,17)18/h3-7,9-10H,8H2,1-2H3,(H,19,20)/t9-,10+/m1/s1. The first-order valence-corrected chi connectivity index (χ1v) is 6.73. The summed E-state index contributed by atoms with van der Waals surface area (Å²) in [6, 6.07) is 8.65. The van der Waals surface area contributed by atoms with Gasteiger partial charge in [-0.3, -0.25) is 4.79 Å². The molecule has 2 aromatic rings. The quantitative estimate of drug-likeness (QED) is 0.917. The SMILES string of the molecule is C[C@H](OCC(F)(F)F)C(=O)N[C@H](C)c1cc2ccccc2o1. The van der Waals surface area contributed by atoms with Crippen LogP contribution in [0.15, 0.2) is 34.7 Å². The minimum absolute atomic E-state index is 0.475. The Morgan fingerprint density at radius 2 is 2.00 bits per heavy atom. The predicted molar refractivity (Wildman–Crippen MR) is 74.2 cm³/mol. The Kier molecular flexibility index (Phi) is 4.75. The molecule has 0 saturated carbocycles. The van der Waals surface area contributed by atoms with E-state index in [2.05, 4.69) is 10.1 Å². The minimum Gasteiger partial charge on any atom is -0.459 e. The maximum atomic E-state index is 12.1. The number of nitrogens with one attached hydrogen (secondary N) is 1. The molecule has 1 aromatic heterocycles. The molecule has 0 aliphatic rings. The fraction of sp³-hybridized carbons (Fsp3) is 0.400. The number of carbonyl (C=O) groups excluding carboxylic acids is 1. The van der Waals surface area contributed by atoms with Crippen molar-refractivity contribution in [3.05, 3.63) is 36.1 Å². The van der Waals surface area contributed by atoms with E-state index in [1.165, 1.54) is 6.92 Å². The lowest BCUT2D eigenvalue weighted by Gasteiger charge is -2.17. The Morgan fingerprint density at radius 1 is 1.32 bits per heavy atom. The van der Waals surface area contributed by atoms with Crippen molar-refractivity contribution < 1.29 is 27.1 Å². The van der Waals surface area contributed by atoms with Crippen LogP contribution in [0.4, 0.5) is 13.2 Å². The molecule has 0 saturated heterocycles. The molecule has 0 fully saturated rings. The number of amides is 1. The molecule has 1 amide bonds. The highest BCUT2D eigenvalue weighted by Crippen LogP contribution is 2.23. The topological polar surface area (TPSA) is 51.5 Å². The van der Waals surface area contributed by atoms with Crippen molar-refractivity contribution in [2.75, 3.05) is 6.61 Å². The second-order valence-corrected chi connectivity index (χ2v) is 4.99. The summed E-state index contributed by atoms with van der Waals surface area (Å²) in [5, 5.41) is 3.46. The van der Waals surface area contributed by atoms with Crippen molar-refractivity contribution in [1.29, 1.82) is 0 Å². The molecule has 120 valence electrons. The molecular formula is C15H16F3NO3. The van der Waals surface area contributed by atoms with Gasteiger partial charge in [0.1, 0.15) is 24.1 Å². The molecule has 7 heteroatoms. The largest absolute Gasteiger partial charge is 0.459 e. The van der Waals surface area contributed by atoms with Gasteiger partial charge in [-0.1, -0.05) is 18.2 Å². The lowest BCUT2D eigenvalue weighted by Crippen LogP contribution is -2.37. The summed E-state index contributed by atoms with van der Waals surface area (Å²) in [5.41, 5.74) is 0.681. The van der Waals surface area contributed by atoms with Gasteiger partial charge >= 0.3 is 6.18 Å². The van der Waals surface area contributed by atoms with Crippen LogP contribution >= 0.6 is 0 Å². The lowest BCUT2D eigenvalue weighted by molar-refractivity contribution is -0.185. The number of fused-ring (bicyclic) bond motifs is 1. The second-order valence-electron chi connectivity index (χ2n) is 4.99. The molecule has 1 heterocycles. The average molecular weight is 315 g/mol. The number of halogens is 3. The Balaban J connectivity index is 1.95. The summed E-state index contributed by atoms with van der Waals surface area (Å²) >= 11 is 0. The minimum atomic E-state index is -4.46. The normalized spacial score (nSPS) is 14.8. The van der Waals surface area contributed by atoms with Gasteiger partial charge in [-0.15, -0.1) is 0 Å². The molecule has 22 heavy (non-hydrogen) atoms. The highest BCUT2D eigenvalue weighted by Gasteiger charge is 2.30. The molecule has 2 rings (SSSR count). The third kappa shape index (κ3) is 4.24. The van der Waals surface area contributed by atoms with E-state index < -0.39 is 30.8 Å². The summed E-state index contributed by atoms with van der Waals surface area (Å²) < 4.78 is 46.2. The Hall–Kier alpha value is -2.02.